The van der Waals surface area contributed by atoms with Gasteiger partial charge in [-0.15, -0.1) is 0 Å². The van der Waals surface area contributed by atoms with Crippen LogP contribution < -0.4 is 5.32 Å². The Morgan fingerprint density at radius 2 is 2.00 bits per heavy atom. The van der Waals surface area contributed by atoms with E-state index in [1.807, 2.05) is 36.4 Å². The number of hydrogen-bond acceptors (Lipinski definition) is 4. The number of carbonyl (C=O) groups excluding carboxylic acids is 1. The number of nitrogens with zero attached hydrogens (tertiary/aromatic N) is 2. The molecule has 6 nitrogen and oxygen atoms in total. The van der Waals surface area contributed by atoms with Crippen molar-refractivity contribution in [1.29, 1.82) is 0 Å². The van der Waals surface area contributed by atoms with Crippen molar-refractivity contribution in [2.24, 2.45) is 0 Å². The summed E-state index contributed by atoms with van der Waals surface area (Å²) in [5.41, 5.74) is 5.21. The first-order valence-corrected chi connectivity index (χ1v) is 8.28. The van der Waals surface area contributed by atoms with Gasteiger partial charge in [0.05, 0.1) is 17.0 Å². The smallest absolute Gasteiger partial charge is 0.253 e. The average molecular weight is 334 g/mol. The minimum atomic E-state index is -0.0440. The topological polar surface area (TPSA) is 90.9 Å². The number of rotatable bonds is 4. The Hall–Kier alpha value is -2.99. The van der Waals surface area contributed by atoms with E-state index in [2.05, 4.69) is 20.3 Å². The molecule has 6 heteroatoms. The molecule has 25 heavy (non-hydrogen) atoms. The van der Waals surface area contributed by atoms with Crippen molar-refractivity contribution >= 4 is 5.91 Å². The second-order valence-electron chi connectivity index (χ2n) is 6.02. The van der Waals surface area contributed by atoms with E-state index in [0.29, 0.717) is 24.4 Å². The van der Waals surface area contributed by atoms with Crippen molar-refractivity contribution in [3.63, 3.8) is 0 Å². The monoisotopic (exact) mass is 334 g/mol. The minimum Gasteiger partial charge on any atom is -0.396 e. The number of hydrogen-bond donors (Lipinski definition) is 3. The molecule has 1 amide bonds. The zero-order valence-corrected chi connectivity index (χ0v) is 13.6. The first-order chi connectivity index (χ1) is 12.2. The number of aliphatic hydroxyl groups is 1. The van der Waals surface area contributed by atoms with Crippen LogP contribution in [0.25, 0.3) is 22.8 Å². The summed E-state index contributed by atoms with van der Waals surface area (Å²) >= 11 is 0. The Kier molecular flexibility index (Phi) is 4.03. The van der Waals surface area contributed by atoms with Crippen LogP contribution in [0.4, 0.5) is 0 Å². The molecule has 126 valence electrons. The first-order valence-electron chi connectivity index (χ1n) is 8.28. The van der Waals surface area contributed by atoms with Crippen LogP contribution >= 0.6 is 0 Å². The number of amides is 1. The summed E-state index contributed by atoms with van der Waals surface area (Å²) < 4.78 is 0. The van der Waals surface area contributed by atoms with Crippen molar-refractivity contribution in [3.8, 4) is 22.8 Å². The molecule has 4 rings (SSSR count). The van der Waals surface area contributed by atoms with Gasteiger partial charge in [0.1, 0.15) is 0 Å². The molecule has 3 N–H and O–H groups in total. The number of H-pyrrole nitrogens is 1. The Morgan fingerprint density at radius 3 is 2.76 bits per heavy atom. The lowest BCUT2D eigenvalue weighted by Gasteiger charge is -2.10. The largest absolute Gasteiger partial charge is 0.396 e. The van der Waals surface area contributed by atoms with Crippen molar-refractivity contribution in [2.45, 2.75) is 12.8 Å². The third-order valence-electron chi connectivity index (χ3n) is 4.35. The summed E-state index contributed by atoms with van der Waals surface area (Å²) in [5.74, 6) is 0.586. The van der Waals surface area contributed by atoms with E-state index in [1.165, 1.54) is 0 Å². The minimum absolute atomic E-state index is 0.0440. The first kappa shape index (κ1) is 15.5. The van der Waals surface area contributed by atoms with Crippen LogP contribution in [0.5, 0.6) is 0 Å². The number of nitrogens with one attached hydrogen (secondary N) is 2. The second kappa shape index (κ2) is 6.49. The molecule has 1 aliphatic heterocycles. The zero-order valence-electron chi connectivity index (χ0n) is 13.6. The van der Waals surface area contributed by atoms with Crippen LogP contribution in [-0.4, -0.2) is 39.1 Å². The summed E-state index contributed by atoms with van der Waals surface area (Å²) in [5, 5.41) is 11.8. The number of carbonyl (C=O) groups is 1. The Morgan fingerprint density at radius 1 is 1.16 bits per heavy atom. The fraction of sp³-hybridized carbons (Fsp3) is 0.211. The van der Waals surface area contributed by atoms with Gasteiger partial charge >= 0.3 is 0 Å². The van der Waals surface area contributed by atoms with Gasteiger partial charge in [-0.05, 0) is 24.1 Å². The van der Waals surface area contributed by atoms with Crippen molar-refractivity contribution in [1.82, 2.24) is 20.3 Å². The van der Waals surface area contributed by atoms with E-state index < -0.39 is 0 Å². The van der Waals surface area contributed by atoms with E-state index in [1.54, 1.807) is 6.20 Å². The van der Waals surface area contributed by atoms with Crippen molar-refractivity contribution in [3.05, 3.63) is 59.4 Å². The van der Waals surface area contributed by atoms with Crippen LogP contribution in [0, 0.1) is 0 Å². The van der Waals surface area contributed by atoms with E-state index >= 15 is 0 Å². The molecule has 1 aromatic carbocycles. The average Bonchev–Trinajstić information content (AvgIpc) is 3.09. The van der Waals surface area contributed by atoms with Gasteiger partial charge in [0.15, 0.2) is 5.82 Å². The van der Waals surface area contributed by atoms with Gasteiger partial charge < -0.3 is 15.4 Å². The van der Waals surface area contributed by atoms with Gasteiger partial charge in [0.25, 0.3) is 5.91 Å². The summed E-state index contributed by atoms with van der Waals surface area (Å²) in [6, 6.07) is 11.5. The molecule has 3 heterocycles. The highest BCUT2D eigenvalue weighted by molar-refractivity contribution is 5.97. The normalized spacial score (nSPS) is 13.4. The van der Waals surface area contributed by atoms with Gasteiger partial charge in [0.2, 0.25) is 0 Å². The number of aliphatic hydroxyl groups excluding tert-OH is 1. The van der Waals surface area contributed by atoms with E-state index in [-0.39, 0.29) is 12.5 Å². The molecule has 1 aliphatic rings. The fourth-order valence-corrected chi connectivity index (χ4v) is 3.03. The van der Waals surface area contributed by atoms with Crippen molar-refractivity contribution < 1.29 is 9.90 Å². The maximum Gasteiger partial charge on any atom is 0.253 e. The predicted molar refractivity (Wildman–Crippen MR) is 94.1 cm³/mol. The van der Waals surface area contributed by atoms with Crippen LogP contribution in [-0.2, 0) is 12.8 Å². The lowest BCUT2D eigenvalue weighted by atomic mass is 10.1. The predicted octanol–water partition coefficient (Wildman–Crippen LogP) is 1.96. The van der Waals surface area contributed by atoms with Gasteiger partial charge in [0, 0.05) is 37.0 Å². The number of aromatic nitrogens is 3. The Balaban J connectivity index is 1.66. The van der Waals surface area contributed by atoms with Gasteiger partial charge in [-0.2, -0.15) is 0 Å². The van der Waals surface area contributed by atoms with Gasteiger partial charge in [-0.1, -0.05) is 24.3 Å². The third-order valence-corrected chi connectivity index (χ3v) is 4.35. The highest BCUT2D eigenvalue weighted by atomic mass is 16.3. The molecule has 0 spiro atoms. The lowest BCUT2D eigenvalue weighted by molar-refractivity contribution is 0.0946. The molecule has 0 unspecified atom stereocenters. The summed E-state index contributed by atoms with van der Waals surface area (Å²) in [7, 11) is 0. The van der Waals surface area contributed by atoms with E-state index in [9.17, 15) is 4.79 Å². The van der Waals surface area contributed by atoms with Gasteiger partial charge in [-0.3, -0.25) is 4.79 Å². The van der Waals surface area contributed by atoms with Gasteiger partial charge in [-0.25, -0.2) is 9.97 Å². The fourth-order valence-electron chi connectivity index (χ4n) is 3.03. The van der Waals surface area contributed by atoms with Crippen LogP contribution in [0.2, 0.25) is 0 Å². The van der Waals surface area contributed by atoms with Crippen LogP contribution in [0.3, 0.4) is 0 Å². The number of fused-ring (bicyclic) bond motifs is 1. The molecule has 0 atom stereocenters. The standard InChI is InChI=1S/C19H18N4O2/c24-10-7-12-1-3-13(4-2-12)18-20-8-6-16(23-18)17-11-14-15(22-17)5-9-21-19(14)25/h1-4,6,8,11,22,24H,5,7,9-10H2,(H,21,25). The summed E-state index contributed by atoms with van der Waals surface area (Å²) in [4.78, 5) is 24.2. The molecule has 0 saturated heterocycles. The zero-order chi connectivity index (χ0) is 17.2. The number of aromatic amines is 1. The SMILES string of the molecule is O=C1NCCc2[nH]c(-c3ccnc(-c4ccc(CCO)cc4)n3)cc21. The maximum atomic E-state index is 11.9. The lowest BCUT2D eigenvalue weighted by Crippen LogP contribution is -2.31. The molecule has 2 aromatic heterocycles. The summed E-state index contributed by atoms with van der Waals surface area (Å²) in [6.45, 7) is 0.789. The summed E-state index contributed by atoms with van der Waals surface area (Å²) in [6.07, 6.45) is 3.15. The molecular formula is C19H18N4O2. The highest BCUT2D eigenvalue weighted by Gasteiger charge is 2.20. The maximum absolute atomic E-state index is 11.9. The van der Waals surface area contributed by atoms with Crippen LogP contribution in [0.15, 0.2) is 42.6 Å². The molecule has 0 fully saturated rings. The molecule has 0 radical (unpaired) electrons. The highest BCUT2D eigenvalue weighted by Crippen LogP contribution is 2.24. The Labute approximate surface area is 145 Å². The quantitative estimate of drug-likeness (QED) is 0.680. The Bertz CT molecular complexity index is 915. The molecule has 0 saturated carbocycles. The van der Waals surface area contributed by atoms with Crippen molar-refractivity contribution in [2.75, 3.05) is 13.2 Å². The molecule has 3 aromatic rings. The molecular weight excluding hydrogens is 316 g/mol. The molecule has 0 bridgehead atoms. The third kappa shape index (κ3) is 3.04. The molecule has 0 aliphatic carbocycles. The van der Waals surface area contributed by atoms with Crippen LogP contribution in [0.1, 0.15) is 21.6 Å². The van der Waals surface area contributed by atoms with E-state index in [0.717, 1.165) is 34.6 Å². The second-order valence-corrected chi connectivity index (χ2v) is 6.02. The van der Waals surface area contributed by atoms with E-state index in [4.69, 9.17) is 5.11 Å². The number of benzene rings is 1.